The third-order valence-corrected chi connectivity index (χ3v) is 39.1. The van der Waals surface area contributed by atoms with E-state index in [0.717, 1.165) is 184 Å². The molecule has 36 nitrogen and oxygen atoms in total. The summed E-state index contributed by atoms with van der Waals surface area (Å²) in [7, 11) is -13.2. The van der Waals surface area contributed by atoms with Gasteiger partial charge in [0.2, 0.25) is 23.6 Å². The molecule has 8 aliphatic rings. The molecule has 2 fully saturated rings. The summed E-state index contributed by atoms with van der Waals surface area (Å²) in [5.41, 5.74) is 10.9. The zero-order valence-corrected chi connectivity index (χ0v) is 89.5. The van der Waals surface area contributed by atoms with Crippen LogP contribution in [0.25, 0.3) is 0 Å². The lowest BCUT2D eigenvalue weighted by atomic mass is 9.95. The van der Waals surface area contributed by atoms with Gasteiger partial charge in [-0.15, -0.1) is 45.3 Å². The van der Waals surface area contributed by atoms with Gasteiger partial charge in [0.05, 0.1) is 62.8 Å². The second kappa shape index (κ2) is 47.0. The van der Waals surface area contributed by atoms with Crippen LogP contribution in [0.2, 0.25) is 17.3 Å². The van der Waals surface area contributed by atoms with Gasteiger partial charge in [-0.3, -0.25) is 67.4 Å². The number of fused-ring (bicyclic) bond motifs is 5. The van der Waals surface area contributed by atoms with Crippen molar-refractivity contribution in [2.24, 2.45) is 4.99 Å². The van der Waals surface area contributed by atoms with Gasteiger partial charge in [-0.25, -0.2) is 73.2 Å². The summed E-state index contributed by atoms with van der Waals surface area (Å²) in [6.07, 6.45) is 8.44. The lowest BCUT2D eigenvalue weighted by Gasteiger charge is -2.27. The number of nitrogens with one attached hydrogen (secondary N) is 3. The normalized spacial score (nSPS) is 15.8. The fraction of sp³-hybridized carbons (Fsp3) is 0.284. The molecule has 48 heteroatoms. The van der Waals surface area contributed by atoms with E-state index in [-0.39, 0.29) is 97.4 Å². The van der Waals surface area contributed by atoms with Crippen molar-refractivity contribution in [1.82, 2.24) is 34.6 Å². The van der Waals surface area contributed by atoms with Gasteiger partial charge < -0.3 is 30.5 Å². The summed E-state index contributed by atoms with van der Waals surface area (Å²) in [4.78, 5) is 186. The number of imide groups is 4. The number of aromatic nitrogens is 4. The number of amides is 8. The molecule has 0 aliphatic carbocycles. The number of nitrogens with zero attached hydrogens (tertiary/aromatic N) is 12. The first-order valence-electron chi connectivity index (χ1n) is 47.0. The van der Waals surface area contributed by atoms with Crippen LogP contribution in [0.3, 0.4) is 0 Å². The number of likely N-dealkylation sites (tertiary alicyclic amines) is 1. The Hall–Kier alpha value is -12.8. The number of hydrogen-bond donors (Lipinski definition) is 3. The highest BCUT2D eigenvalue weighted by molar-refractivity contribution is 7.95. The highest BCUT2D eigenvalue weighted by atomic mass is 35.5. The van der Waals surface area contributed by atoms with E-state index in [1.165, 1.54) is 110 Å². The summed E-state index contributed by atoms with van der Waals surface area (Å²) in [6, 6.07) is 43.4. The van der Waals surface area contributed by atoms with Gasteiger partial charge in [-0.1, -0.05) is 76.7 Å². The minimum Gasteiger partial charge on any atom is -0.384 e. The van der Waals surface area contributed by atoms with E-state index in [0.29, 0.717) is 90.7 Å². The van der Waals surface area contributed by atoms with Crippen LogP contribution in [0.15, 0.2) is 210 Å². The maximum Gasteiger partial charge on any atom is 0.266 e. The number of aliphatic imine (C=N–C) groups is 1. The Kier molecular flexibility index (Phi) is 34.0. The largest absolute Gasteiger partial charge is 0.384 e. The molecule has 20 rings (SSSR count). The summed E-state index contributed by atoms with van der Waals surface area (Å²) >= 11 is 26.8. The fourth-order valence-corrected chi connectivity index (χ4v) is 29.1. The molecule has 8 aromatic heterocycles. The van der Waals surface area contributed by atoms with Crippen molar-refractivity contribution < 1.29 is 95.9 Å². The monoisotopic (exact) mass is 2260 g/mol. The summed E-state index contributed by atoms with van der Waals surface area (Å²) in [5.74, 6) is -6.61. The SMILES string of the molecule is CN1CCN=C1c1ccc2c(c1)CC(=O)N(c1ccc(CC(=O)CS(=O)(=O)c3ccc(Cl)s3)cn1)C2=O.O=C(Cc1ccc(N2C(=O)Cc3cc(NCCN4CCCC4)ccc3C2=O)nc1)CS(=O)(=O)c1ccc(Cl)s1.O=C(Cc1ccc(N2C(=O)Cc3cc(NCCN4CCOCC4)ccc3C2=O)nc1)CS(=O)(=O)c1ccc(Cl)s1.O=C(Cc1ccc(N2C(=O)Cc3cc4c(cc3C2=O)CCN4)nc1)CS(=O)(=O)c1ccc(Cl)s1. The van der Waals surface area contributed by atoms with Crippen LogP contribution in [0.1, 0.15) is 110 Å². The number of pyridine rings is 4. The molecule has 0 radical (unpaired) electrons. The predicted octanol–water partition coefficient (Wildman–Crippen LogP) is 12.4. The van der Waals surface area contributed by atoms with Crippen molar-refractivity contribution in [3.63, 3.8) is 0 Å². The maximum atomic E-state index is 13.2. The number of benzene rings is 4. The zero-order chi connectivity index (χ0) is 106. The van der Waals surface area contributed by atoms with Gasteiger partial charge in [0.15, 0.2) is 62.5 Å². The van der Waals surface area contributed by atoms with Gasteiger partial charge in [-0.2, -0.15) is 0 Å². The van der Waals surface area contributed by atoms with Crippen LogP contribution in [0, 0.1) is 0 Å². The number of ether oxygens (including phenoxy) is 1. The minimum atomic E-state index is -3.79. The van der Waals surface area contributed by atoms with Crippen molar-refractivity contribution in [3.05, 3.63) is 284 Å². The Morgan fingerprint density at radius 1 is 0.380 bits per heavy atom. The second-order valence-corrected chi connectivity index (χ2v) is 51.7. The Labute approximate surface area is 897 Å². The van der Waals surface area contributed by atoms with Crippen LogP contribution in [0.4, 0.5) is 40.3 Å². The first-order valence-corrected chi connectivity index (χ1v) is 58.4. The number of carbonyl (C=O) groups excluding carboxylic acids is 12. The van der Waals surface area contributed by atoms with E-state index in [2.05, 4.69) is 50.7 Å². The first kappa shape index (κ1) is 108. The van der Waals surface area contributed by atoms with Gasteiger partial charge in [0.1, 0.15) is 69.0 Å². The topological polar surface area (TPSA) is 473 Å². The number of anilines is 7. The molecule has 3 N–H and O–H groups in total. The standard InChI is InChI=1S/C27H27ClN4O6S2.C27H27ClN4O5S2.C25H21ClN4O5S2.C23H18ClN3O5S2/c28-23-4-6-26(39-23)40(36,37)17-21(33)13-18-1-5-24(30-16-18)32-25(34)15-19-14-20(2-3-22(19)27(32)35)29-7-8-31-9-11-38-12-10-31;28-23-6-8-26(38-23)39(36,37)17-21(33)13-18-3-7-24(30-16-18)32-25(34)15-19-14-20(4-5-22(19)27(32)35)29-9-12-31-10-1-2-11-31;1-29-9-8-27-24(29)16-3-4-19-17(11-16)12-22(32)30(25(19)33)21-6-2-15(13-28-21)10-18(31)14-37(34,35)23-7-5-20(26)36-23;24-19-2-4-22(33-19)34(31,32)12-16(28)7-13-1-3-20(26-11-13)27-21(29)10-15-9-18-14(5-6-25-18)8-17(15)23(27)30/h1-6,14,16,29H,7-13,15,17H2;3-8,14,16,29H,1-2,9-13,15,17H2;2-7,11,13H,8-10,12,14H2,1H3;1-4,8-9,11,25H,5-7,10,12H2. The molecule has 0 spiro atoms. The van der Waals surface area contributed by atoms with E-state index in [1.807, 2.05) is 60.5 Å². The molecule has 0 bridgehead atoms. The minimum absolute atomic E-state index is 0.0390. The highest BCUT2D eigenvalue weighted by Crippen LogP contribution is 2.38. The predicted molar refractivity (Wildman–Crippen MR) is 571 cm³/mol. The number of hydrogen-bond acceptors (Lipinski definition) is 36. The molecule has 12 aromatic rings. The molecule has 778 valence electrons. The Balaban J connectivity index is 0.000000136. The van der Waals surface area contributed by atoms with Crippen molar-refractivity contribution in [3.8, 4) is 0 Å². The molecular formula is C102H93Cl4N15O21S8. The number of ketones is 4. The average Bonchev–Trinajstić information content (AvgIpc) is 1.27. The molecule has 150 heavy (non-hydrogen) atoms. The molecule has 16 heterocycles. The molecule has 4 aromatic carbocycles. The Bertz CT molecular complexity index is 7900. The quantitative estimate of drug-likeness (QED) is 0.0322. The second-order valence-electron chi connectivity index (χ2n) is 36.0. The molecule has 0 unspecified atom stereocenters. The fourth-order valence-electron chi connectivity index (χ4n) is 17.9. The maximum absolute atomic E-state index is 13.2. The number of morpholine rings is 1. The number of likely N-dealkylation sites (N-methyl/N-ethyl adjacent to an activating group) is 1. The van der Waals surface area contributed by atoms with E-state index in [9.17, 15) is 91.2 Å². The first-order chi connectivity index (χ1) is 71.7. The third-order valence-electron chi connectivity index (χ3n) is 25.2. The molecule has 8 amide bonds. The number of rotatable bonds is 33. The lowest BCUT2D eigenvalue weighted by Crippen LogP contribution is -2.43. The van der Waals surface area contributed by atoms with Crippen LogP contribution in [-0.2, 0) is 140 Å². The van der Waals surface area contributed by atoms with E-state index < -0.39 is 127 Å². The van der Waals surface area contributed by atoms with Crippen LogP contribution < -0.4 is 35.6 Å². The zero-order valence-electron chi connectivity index (χ0n) is 79.9. The van der Waals surface area contributed by atoms with E-state index >= 15 is 0 Å². The average molecular weight is 2260 g/mol. The third kappa shape index (κ3) is 26.2. The molecule has 0 saturated carbocycles. The van der Waals surface area contributed by atoms with Gasteiger partial charge in [0, 0.05) is 155 Å². The summed E-state index contributed by atoms with van der Waals surface area (Å²) in [6.45, 7) is 11.2. The number of thiophene rings is 4. The van der Waals surface area contributed by atoms with Gasteiger partial charge >= 0.3 is 0 Å². The smallest absolute Gasteiger partial charge is 0.266 e. The highest BCUT2D eigenvalue weighted by Gasteiger charge is 2.40. The molecule has 2 saturated heterocycles. The van der Waals surface area contributed by atoms with Gasteiger partial charge in [0.25, 0.3) is 23.6 Å². The van der Waals surface area contributed by atoms with Crippen LogP contribution >= 0.6 is 91.8 Å². The van der Waals surface area contributed by atoms with Crippen LogP contribution in [-0.4, -0.2) is 260 Å². The molecule has 0 atom stereocenters. The molecular weight excluding hydrogens is 2170 g/mol. The number of Topliss-reactive ketones (excluding diaryl/α,β-unsaturated/α-hetero) is 4. The van der Waals surface area contributed by atoms with Crippen molar-refractivity contribution in [2.75, 3.05) is 151 Å². The van der Waals surface area contributed by atoms with Crippen molar-refractivity contribution in [2.45, 2.75) is 87.5 Å². The van der Waals surface area contributed by atoms with Crippen molar-refractivity contribution >= 4 is 248 Å². The number of amidine groups is 1. The number of carbonyl (C=O) groups is 12. The summed E-state index contributed by atoms with van der Waals surface area (Å²) < 4.78 is 106. The number of halogens is 4. The van der Waals surface area contributed by atoms with Crippen LogP contribution in [0.5, 0.6) is 0 Å². The van der Waals surface area contributed by atoms with E-state index in [4.69, 9.17) is 51.1 Å². The number of sulfone groups is 4. The Morgan fingerprint density at radius 3 is 1.04 bits per heavy atom. The Morgan fingerprint density at radius 2 is 0.713 bits per heavy atom. The van der Waals surface area contributed by atoms with E-state index in [1.54, 1.807) is 42.5 Å². The van der Waals surface area contributed by atoms with Crippen molar-refractivity contribution in [1.29, 1.82) is 0 Å². The summed E-state index contributed by atoms with van der Waals surface area (Å²) in [5, 5.41) is 9.99. The van der Waals surface area contributed by atoms with Gasteiger partial charge in [-0.05, 0) is 216 Å². The molecule has 8 aliphatic heterocycles. The lowest BCUT2D eigenvalue weighted by molar-refractivity contribution is -0.118.